The van der Waals surface area contributed by atoms with E-state index < -0.39 is 0 Å². The average molecular weight is 239 g/mol. The van der Waals surface area contributed by atoms with Gasteiger partial charge in [-0.1, -0.05) is 0 Å². The van der Waals surface area contributed by atoms with Gasteiger partial charge in [0, 0.05) is 11.1 Å². The average Bonchev–Trinajstić information content (AvgIpc) is 2.77. The summed E-state index contributed by atoms with van der Waals surface area (Å²) in [6.45, 7) is 3.91. The van der Waals surface area contributed by atoms with E-state index in [2.05, 4.69) is 14.7 Å². The van der Waals surface area contributed by atoms with E-state index in [0.29, 0.717) is 10.0 Å². The van der Waals surface area contributed by atoms with Gasteiger partial charge in [-0.15, -0.1) is 11.3 Å². The Morgan fingerprint density at radius 3 is 2.80 bits per heavy atom. The molecule has 0 unspecified atom stereocenters. The first-order chi connectivity index (χ1) is 7.16. The number of hydrogen-bond donors (Lipinski definition) is 1. The normalized spacial score (nSPS) is 10.3. The third kappa shape index (κ3) is 2.21. The number of nitrogens with zero attached hydrogens (tertiary/aromatic N) is 2. The highest BCUT2D eigenvalue weighted by molar-refractivity contribution is 7.16. The Bertz CT molecular complexity index is 456. The predicted molar refractivity (Wildman–Crippen MR) is 61.7 cm³/mol. The molecule has 0 aliphatic heterocycles. The number of hydrogen-bond acceptors (Lipinski definition) is 5. The summed E-state index contributed by atoms with van der Waals surface area (Å²) < 4.78 is 3.87. The molecular weight excluding hydrogens is 230 g/mol. The van der Waals surface area contributed by atoms with Gasteiger partial charge in [-0.2, -0.15) is 0 Å². The lowest BCUT2D eigenvalue weighted by molar-refractivity contribution is 0.103. The number of rotatable bonds is 2. The minimum atomic E-state index is -0.147. The number of aryl methyl sites for hydroxylation is 2. The van der Waals surface area contributed by atoms with Crippen LogP contribution in [0.4, 0.5) is 5.13 Å². The van der Waals surface area contributed by atoms with Crippen molar-refractivity contribution in [2.75, 3.05) is 5.32 Å². The summed E-state index contributed by atoms with van der Waals surface area (Å²) >= 11 is 2.66. The van der Waals surface area contributed by atoms with Gasteiger partial charge in [0.05, 0.1) is 5.69 Å². The fourth-order valence-electron chi connectivity index (χ4n) is 1.02. The molecule has 15 heavy (non-hydrogen) atoms. The van der Waals surface area contributed by atoms with E-state index >= 15 is 0 Å². The molecule has 1 amide bonds. The Balaban J connectivity index is 2.13. The zero-order valence-electron chi connectivity index (χ0n) is 8.27. The fraction of sp³-hybridized carbons (Fsp3) is 0.222. The number of carbonyl (C=O) groups is 1. The van der Waals surface area contributed by atoms with Crippen LogP contribution in [0.1, 0.15) is 20.2 Å². The maximum atomic E-state index is 11.6. The molecule has 2 heterocycles. The largest absolute Gasteiger partial charge is 0.297 e. The Morgan fingerprint density at radius 2 is 2.27 bits per heavy atom. The van der Waals surface area contributed by atoms with Crippen LogP contribution in [0.25, 0.3) is 0 Å². The van der Waals surface area contributed by atoms with E-state index in [-0.39, 0.29) is 5.91 Å². The molecule has 0 aromatic carbocycles. The molecule has 2 aromatic rings. The van der Waals surface area contributed by atoms with Crippen molar-refractivity contribution in [2.24, 2.45) is 0 Å². The first kappa shape index (κ1) is 10.3. The summed E-state index contributed by atoms with van der Waals surface area (Å²) in [5, 5.41) is 3.39. The van der Waals surface area contributed by atoms with Gasteiger partial charge in [0.15, 0.2) is 5.13 Å². The van der Waals surface area contributed by atoms with E-state index in [1.807, 2.05) is 13.8 Å². The molecule has 0 saturated carbocycles. The van der Waals surface area contributed by atoms with Crippen LogP contribution in [-0.4, -0.2) is 15.3 Å². The molecular formula is C9H9N3OS2. The van der Waals surface area contributed by atoms with Gasteiger partial charge in [-0.25, -0.2) is 9.36 Å². The lowest BCUT2D eigenvalue weighted by Crippen LogP contribution is -2.09. The van der Waals surface area contributed by atoms with E-state index in [4.69, 9.17) is 0 Å². The number of anilines is 1. The smallest absolute Gasteiger partial charge is 0.269 e. The van der Waals surface area contributed by atoms with Crippen molar-refractivity contribution in [3.05, 3.63) is 27.7 Å². The zero-order valence-corrected chi connectivity index (χ0v) is 9.91. The Kier molecular flexibility index (Phi) is 2.79. The molecule has 0 atom stereocenters. The summed E-state index contributed by atoms with van der Waals surface area (Å²) in [5.41, 5.74) is 0.958. The lowest BCUT2D eigenvalue weighted by Gasteiger charge is -1.96. The Labute approximate surface area is 95.2 Å². The monoisotopic (exact) mass is 239 g/mol. The molecule has 0 fully saturated rings. The van der Waals surface area contributed by atoms with Gasteiger partial charge in [0.25, 0.3) is 5.91 Å². The highest BCUT2D eigenvalue weighted by atomic mass is 32.1. The molecule has 0 aliphatic rings. The highest BCUT2D eigenvalue weighted by Gasteiger charge is 2.10. The fourth-order valence-corrected chi connectivity index (χ4v) is 2.32. The SMILES string of the molecule is Cc1nc(NC(=O)c2ccns2)sc1C. The van der Waals surface area contributed by atoms with Crippen molar-refractivity contribution >= 4 is 33.9 Å². The number of thiazole rings is 1. The van der Waals surface area contributed by atoms with Crippen LogP contribution in [0.3, 0.4) is 0 Å². The van der Waals surface area contributed by atoms with Gasteiger partial charge in [0.1, 0.15) is 4.88 Å². The molecule has 0 spiro atoms. The van der Waals surface area contributed by atoms with E-state index in [1.165, 1.54) is 22.9 Å². The van der Waals surface area contributed by atoms with Crippen LogP contribution in [0.2, 0.25) is 0 Å². The van der Waals surface area contributed by atoms with E-state index in [0.717, 1.165) is 10.6 Å². The molecule has 2 rings (SSSR count). The second-order valence-corrected chi connectivity index (χ2v) is 5.03. The second-order valence-electron chi connectivity index (χ2n) is 2.99. The Morgan fingerprint density at radius 1 is 1.47 bits per heavy atom. The topological polar surface area (TPSA) is 54.9 Å². The molecule has 0 bridgehead atoms. The first-order valence-corrected chi connectivity index (χ1v) is 5.92. The number of nitrogens with one attached hydrogen (secondary N) is 1. The molecule has 0 radical (unpaired) electrons. The van der Waals surface area contributed by atoms with Gasteiger partial charge < -0.3 is 0 Å². The summed E-state index contributed by atoms with van der Waals surface area (Å²) in [7, 11) is 0. The van der Waals surface area contributed by atoms with Gasteiger partial charge in [-0.05, 0) is 31.4 Å². The summed E-state index contributed by atoms with van der Waals surface area (Å²) in [6, 6.07) is 1.69. The van der Waals surface area contributed by atoms with Crippen molar-refractivity contribution in [1.82, 2.24) is 9.36 Å². The van der Waals surface area contributed by atoms with Gasteiger partial charge >= 0.3 is 0 Å². The molecule has 0 aliphatic carbocycles. The number of aromatic nitrogens is 2. The quantitative estimate of drug-likeness (QED) is 0.875. The molecule has 1 N–H and O–H groups in total. The van der Waals surface area contributed by atoms with Crippen LogP contribution in [0.5, 0.6) is 0 Å². The third-order valence-corrected chi connectivity index (χ3v) is 3.64. The molecule has 2 aromatic heterocycles. The standard InChI is InChI=1S/C9H9N3OS2/c1-5-6(2)14-9(11-5)12-8(13)7-3-4-10-15-7/h3-4H,1-2H3,(H,11,12,13). The second kappa shape index (κ2) is 4.08. The van der Waals surface area contributed by atoms with Crippen LogP contribution in [0, 0.1) is 13.8 Å². The summed E-state index contributed by atoms with van der Waals surface area (Å²) in [4.78, 5) is 17.6. The van der Waals surface area contributed by atoms with E-state index in [9.17, 15) is 4.79 Å². The molecule has 6 heteroatoms. The maximum Gasteiger partial charge on any atom is 0.269 e. The van der Waals surface area contributed by atoms with Gasteiger partial charge in [-0.3, -0.25) is 10.1 Å². The number of amides is 1. The van der Waals surface area contributed by atoms with E-state index in [1.54, 1.807) is 12.3 Å². The van der Waals surface area contributed by atoms with Crippen LogP contribution >= 0.6 is 22.9 Å². The van der Waals surface area contributed by atoms with Crippen LogP contribution < -0.4 is 5.32 Å². The van der Waals surface area contributed by atoms with Crippen molar-refractivity contribution in [2.45, 2.75) is 13.8 Å². The van der Waals surface area contributed by atoms with Gasteiger partial charge in [0.2, 0.25) is 0 Å². The van der Waals surface area contributed by atoms with Crippen molar-refractivity contribution in [3.63, 3.8) is 0 Å². The number of carbonyl (C=O) groups excluding carboxylic acids is 1. The van der Waals surface area contributed by atoms with Crippen LogP contribution in [-0.2, 0) is 0 Å². The third-order valence-electron chi connectivity index (χ3n) is 1.91. The molecule has 4 nitrogen and oxygen atoms in total. The van der Waals surface area contributed by atoms with Crippen molar-refractivity contribution < 1.29 is 4.79 Å². The Hall–Kier alpha value is -1.27. The molecule has 0 saturated heterocycles. The highest BCUT2D eigenvalue weighted by Crippen LogP contribution is 2.21. The van der Waals surface area contributed by atoms with Crippen molar-refractivity contribution in [1.29, 1.82) is 0 Å². The van der Waals surface area contributed by atoms with Crippen molar-refractivity contribution in [3.8, 4) is 0 Å². The van der Waals surface area contributed by atoms with Crippen LogP contribution in [0.15, 0.2) is 12.3 Å². The first-order valence-electron chi connectivity index (χ1n) is 4.33. The predicted octanol–water partition coefficient (Wildman–Crippen LogP) is 2.47. The summed E-state index contributed by atoms with van der Waals surface area (Å²) in [6.07, 6.45) is 1.61. The lowest BCUT2D eigenvalue weighted by atomic mass is 10.4. The minimum absolute atomic E-state index is 0.147. The maximum absolute atomic E-state index is 11.6. The zero-order chi connectivity index (χ0) is 10.8. The molecule has 78 valence electrons. The minimum Gasteiger partial charge on any atom is -0.297 e. The summed E-state index contributed by atoms with van der Waals surface area (Å²) in [5.74, 6) is -0.147.